The van der Waals surface area contributed by atoms with E-state index in [0.29, 0.717) is 6.61 Å². The fourth-order valence-corrected chi connectivity index (χ4v) is 5.08. The van der Waals surface area contributed by atoms with Gasteiger partial charge in [-0.1, -0.05) is 18.3 Å². The van der Waals surface area contributed by atoms with Gasteiger partial charge in [0.25, 0.3) is 0 Å². The van der Waals surface area contributed by atoms with E-state index in [4.69, 9.17) is 4.74 Å². The van der Waals surface area contributed by atoms with E-state index >= 15 is 0 Å². The number of nitrogens with zero attached hydrogens (tertiary/aromatic N) is 3. The molecule has 1 fully saturated rings. The summed E-state index contributed by atoms with van der Waals surface area (Å²) in [7, 11) is 0. The zero-order chi connectivity index (χ0) is 18.8. The summed E-state index contributed by atoms with van der Waals surface area (Å²) < 4.78 is 7.20. The Labute approximate surface area is 163 Å². The monoisotopic (exact) mass is 387 g/mol. The second kappa shape index (κ2) is 7.86. The molecule has 6 nitrogen and oxygen atoms in total. The van der Waals surface area contributed by atoms with E-state index in [2.05, 4.69) is 22.2 Å². The average molecular weight is 388 g/mol. The number of piperidine rings is 1. The van der Waals surface area contributed by atoms with Crippen LogP contribution in [0.2, 0.25) is 0 Å². The van der Waals surface area contributed by atoms with Crippen LogP contribution in [-0.4, -0.2) is 39.4 Å². The first-order chi connectivity index (χ1) is 13.2. The van der Waals surface area contributed by atoms with Gasteiger partial charge >= 0.3 is 0 Å². The van der Waals surface area contributed by atoms with Gasteiger partial charge in [-0.2, -0.15) is 4.52 Å². The van der Waals surface area contributed by atoms with Crippen LogP contribution in [0.3, 0.4) is 0 Å². The highest BCUT2D eigenvalue weighted by Crippen LogP contribution is 2.35. The van der Waals surface area contributed by atoms with Crippen molar-refractivity contribution in [1.29, 1.82) is 0 Å². The molecule has 4 rings (SSSR count). The average Bonchev–Trinajstić information content (AvgIpc) is 3.24. The quantitative estimate of drug-likeness (QED) is 0.682. The number of hydrogen-bond donors (Lipinski definition) is 2. The van der Waals surface area contributed by atoms with Gasteiger partial charge in [0, 0.05) is 12.0 Å². The van der Waals surface area contributed by atoms with Gasteiger partial charge in [-0.3, -0.25) is 0 Å². The minimum Gasteiger partial charge on any atom is -0.494 e. The largest absolute Gasteiger partial charge is 0.494 e. The zero-order valence-corrected chi connectivity index (χ0v) is 16.8. The minimum atomic E-state index is 0.0968. The van der Waals surface area contributed by atoms with Gasteiger partial charge < -0.3 is 14.7 Å². The predicted molar refractivity (Wildman–Crippen MR) is 106 cm³/mol. The highest BCUT2D eigenvalue weighted by Gasteiger charge is 2.33. The molecule has 2 N–H and O–H groups in total. The SMILES string of the molecule is CCOc1ccc([C@@H](c2sc3nc(CC)nn3c2O)[NH+]2CCCCC2)cc1. The Hall–Kier alpha value is -2.12. The summed E-state index contributed by atoms with van der Waals surface area (Å²) >= 11 is 1.56. The molecular formula is C20H27N4O2S+. The van der Waals surface area contributed by atoms with Crippen molar-refractivity contribution in [3.05, 3.63) is 40.5 Å². The molecule has 3 aromatic rings. The maximum atomic E-state index is 10.9. The number of benzene rings is 1. The Bertz CT molecular complexity index is 897. The van der Waals surface area contributed by atoms with Gasteiger partial charge in [0.1, 0.15) is 10.6 Å². The van der Waals surface area contributed by atoms with Crippen LogP contribution >= 0.6 is 11.3 Å². The topological polar surface area (TPSA) is 64.1 Å². The first kappa shape index (κ1) is 18.3. The van der Waals surface area contributed by atoms with Gasteiger partial charge in [-0.15, -0.1) is 5.10 Å². The van der Waals surface area contributed by atoms with Gasteiger partial charge in [0.15, 0.2) is 11.9 Å². The maximum Gasteiger partial charge on any atom is 0.235 e. The second-order valence-electron chi connectivity index (χ2n) is 7.02. The normalized spacial score (nSPS) is 16.7. The molecule has 1 aliphatic rings. The molecule has 0 unspecified atom stereocenters. The van der Waals surface area contributed by atoms with E-state index in [1.807, 2.05) is 26.0 Å². The summed E-state index contributed by atoms with van der Waals surface area (Å²) in [6.07, 6.45) is 4.51. The minimum absolute atomic E-state index is 0.0968. The third-order valence-electron chi connectivity index (χ3n) is 5.25. The van der Waals surface area contributed by atoms with Crippen LogP contribution < -0.4 is 9.64 Å². The summed E-state index contributed by atoms with van der Waals surface area (Å²) in [6, 6.07) is 8.41. The first-order valence-corrected chi connectivity index (χ1v) is 10.7. The number of rotatable bonds is 6. The molecule has 0 bridgehead atoms. The number of quaternary nitrogens is 1. The summed E-state index contributed by atoms with van der Waals surface area (Å²) in [5.74, 6) is 1.89. The molecule has 3 heterocycles. The highest BCUT2D eigenvalue weighted by atomic mass is 32.1. The Morgan fingerprint density at radius 3 is 2.56 bits per heavy atom. The van der Waals surface area contributed by atoms with Crippen molar-refractivity contribution >= 4 is 16.3 Å². The molecule has 0 spiro atoms. The van der Waals surface area contributed by atoms with E-state index in [9.17, 15) is 5.11 Å². The molecule has 0 saturated carbocycles. The lowest BCUT2D eigenvalue weighted by Gasteiger charge is -2.31. The summed E-state index contributed by atoms with van der Waals surface area (Å²) in [5.41, 5.74) is 1.20. The van der Waals surface area contributed by atoms with Crippen LogP contribution in [-0.2, 0) is 6.42 Å². The molecule has 1 aliphatic heterocycles. The van der Waals surface area contributed by atoms with E-state index in [1.165, 1.54) is 29.7 Å². The Morgan fingerprint density at radius 1 is 1.19 bits per heavy atom. The highest BCUT2D eigenvalue weighted by molar-refractivity contribution is 7.17. The molecule has 144 valence electrons. The molecule has 0 aliphatic carbocycles. The van der Waals surface area contributed by atoms with E-state index in [0.717, 1.165) is 40.9 Å². The van der Waals surface area contributed by atoms with Crippen LogP contribution in [0.5, 0.6) is 11.6 Å². The third kappa shape index (κ3) is 3.53. The van der Waals surface area contributed by atoms with E-state index in [-0.39, 0.29) is 11.9 Å². The molecule has 0 radical (unpaired) electrons. The molecule has 7 heteroatoms. The summed E-state index contributed by atoms with van der Waals surface area (Å²) in [6.45, 7) is 6.91. The van der Waals surface area contributed by atoms with Crippen molar-refractivity contribution in [2.75, 3.05) is 19.7 Å². The van der Waals surface area contributed by atoms with Crippen molar-refractivity contribution in [3.63, 3.8) is 0 Å². The molecule has 2 aromatic heterocycles. The number of ether oxygens (including phenoxy) is 1. The van der Waals surface area contributed by atoms with Crippen molar-refractivity contribution in [2.24, 2.45) is 0 Å². The fraction of sp³-hybridized carbons (Fsp3) is 0.500. The van der Waals surface area contributed by atoms with Crippen LogP contribution in [0, 0.1) is 0 Å². The molecule has 1 aromatic carbocycles. The first-order valence-electron chi connectivity index (χ1n) is 9.85. The standard InChI is InChI=1S/C20H26N4O2S/c1-3-16-21-20-24(22-16)19(25)18(27-20)17(23-12-6-5-7-13-23)14-8-10-15(11-9-14)26-4-2/h8-11,17,25H,3-7,12-13H2,1-2H3/p+1/t17-/m0/s1. The lowest BCUT2D eigenvalue weighted by atomic mass is 10.0. The maximum absolute atomic E-state index is 10.9. The Morgan fingerprint density at radius 2 is 1.93 bits per heavy atom. The number of hydrogen-bond acceptors (Lipinski definition) is 5. The molecule has 27 heavy (non-hydrogen) atoms. The van der Waals surface area contributed by atoms with Crippen LogP contribution in [0.4, 0.5) is 0 Å². The number of aromatic hydroxyl groups is 1. The summed E-state index contributed by atoms with van der Waals surface area (Å²) in [5, 5.41) is 15.4. The van der Waals surface area contributed by atoms with Crippen molar-refractivity contribution in [3.8, 4) is 11.6 Å². The fourth-order valence-electron chi connectivity index (χ4n) is 3.92. The predicted octanol–water partition coefficient (Wildman–Crippen LogP) is 2.62. The lowest BCUT2D eigenvalue weighted by molar-refractivity contribution is -0.929. The van der Waals surface area contributed by atoms with Crippen LogP contribution in [0.1, 0.15) is 55.4 Å². The van der Waals surface area contributed by atoms with E-state index in [1.54, 1.807) is 15.9 Å². The van der Waals surface area contributed by atoms with Gasteiger partial charge in [0.2, 0.25) is 10.8 Å². The Balaban J connectivity index is 1.75. The molecule has 0 amide bonds. The molecule has 1 saturated heterocycles. The number of nitrogens with one attached hydrogen (secondary N) is 1. The second-order valence-corrected chi connectivity index (χ2v) is 8.03. The lowest BCUT2D eigenvalue weighted by Crippen LogP contribution is -3.13. The number of aromatic nitrogens is 3. The van der Waals surface area contributed by atoms with Crippen molar-refractivity contribution < 1.29 is 14.7 Å². The number of fused-ring (bicyclic) bond motifs is 1. The van der Waals surface area contributed by atoms with Gasteiger partial charge in [-0.05, 0) is 50.5 Å². The summed E-state index contributed by atoms with van der Waals surface area (Å²) in [4.78, 5) is 7.78. The third-order valence-corrected chi connectivity index (χ3v) is 6.34. The number of thiazole rings is 1. The van der Waals surface area contributed by atoms with Gasteiger partial charge in [-0.25, -0.2) is 4.98 Å². The van der Waals surface area contributed by atoms with E-state index < -0.39 is 0 Å². The zero-order valence-electron chi connectivity index (χ0n) is 15.9. The van der Waals surface area contributed by atoms with Crippen LogP contribution in [0.15, 0.2) is 24.3 Å². The Kier molecular flexibility index (Phi) is 5.31. The van der Waals surface area contributed by atoms with Crippen molar-refractivity contribution in [2.45, 2.75) is 45.6 Å². The van der Waals surface area contributed by atoms with Crippen molar-refractivity contribution in [1.82, 2.24) is 14.6 Å². The number of likely N-dealkylation sites (tertiary alicyclic amines) is 1. The van der Waals surface area contributed by atoms with Crippen LogP contribution in [0.25, 0.3) is 4.96 Å². The smallest absolute Gasteiger partial charge is 0.235 e. The number of aryl methyl sites for hydroxylation is 1. The van der Waals surface area contributed by atoms with Gasteiger partial charge in [0.05, 0.1) is 19.7 Å². The molecule has 1 atom stereocenters. The molecular weight excluding hydrogens is 360 g/mol.